The molecule has 0 bridgehead atoms. The van der Waals surface area contributed by atoms with E-state index in [1.165, 1.54) is 32.5 Å². The van der Waals surface area contributed by atoms with Crippen molar-refractivity contribution >= 4 is 29.9 Å². The number of halogens is 1. The van der Waals surface area contributed by atoms with E-state index in [4.69, 9.17) is 0 Å². The second-order valence-corrected chi connectivity index (χ2v) is 7.33. The number of piperidine rings is 1. The molecule has 26 heavy (non-hydrogen) atoms. The number of hydrogen-bond acceptors (Lipinski definition) is 4. The molecule has 1 fully saturated rings. The Hall–Kier alpha value is -0.900. The zero-order valence-electron chi connectivity index (χ0n) is 16.7. The Balaban J connectivity index is 0.00000338. The first kappa shape index (κ1) is 23.1. The molecule has 150 valence electrons. The lowest BCUT2D eigenvalue weighted by Gasteiger charge is -2.34. The van der Waals surface area contributed by atoms with Crippen molar-refractivity contribution in [3.63, 3.8) is 0 Å². The maximum absolute atomic E-state index is 4.58. The van der Waals surface area contributed by atoms with Crippen LogP contribution in [0.15, 0.2) is 11.3 Å². The SMILES string of the molecule is CCNC(=NCc1ncnn1C)NCCCCN1CC(C)CC(C)C1.I. The van der Waals surface area contributed by atoms with Crippen molar-refractivity contribution in [2.75, 3.05) is 32.7 Å². The predicted octanol–water partition coefficient (Wildman–Crippen LogP) is 2.25. The summed E-state index contributed by atoms with van der Waals surface area (Å²) in [5.74, 6) is 3.40. The van der Waals surface area contributed by atoms with Gasteiger partial charge in [-0.15, -0.1) is 24.0 Å². The highest BCUT2D eigenvalue weighted by atomic mass is 127. The van der Waals surface area contributed by atoms with Crippen LogP contribution in [0.4, 0.5) is 0 Å². The molecule has 2 heterocycles. The number of hydrogen-bond donors (Lipinski definition) is 2. The molecule has 8 heteroatoms. The molecule has 0 amide bonds. The first-order valence-corrected chi connectivity index (χ1v) is 9.65. The van der Waals surface area contributed by atoms with Gasteiger partial charge >= 0.3 is 0 Å². The predicted molar refractivity (Wildman–Crippen MR) is 118 cm³/mol. The second kappa shape index (κ2) is 12.5. The van der Waals surface area contributed by atoms with E-state index in [-0.39, 0.29) is 24.0 Å². The number of nitrogens with zero attached hydrogens (tertiary/aromatic N) is 5. The lowest BCUT2D eigenvalue weighted by atomic mass is 9.92. The van der Waals surface area contributed by atoms with Gasteiger partial charge in [-0.05, 0) is 44.6 Å². The molecule has 1 saturated heterocycles. The van der Waals surface area contributed by atoms with E-state index >= 15 is 0 Å². The minimum Gasteiger partial charge on any atom is -0.357 e. The smallest absolute Gasteiger partial charge is 0.191 e. The van der Waals surface area contributed by atoms with Gasteiger partial charge in [0.25, 0.3) is 0 Å². The quantitative estimate of drug-likeness (QED) is 0.260. The normalized spacial score (nSPS) is 21.3. The third-order valence-electron chi connectivity index (χ3n) is 4.67. The summed E-state index contributed by atoms with van der Waals surface area (Å²) in [7, 11) is 1.89. The number of aryl methyl sites for hydroxylation is 1. The molecular weight excluding hydrogens is 441 g/mol. The van der Waals surface area contributed by atoms with E-state index in [2.05, 4.69) is 51.4 Å². The second-order valence-electron chi connectivity index (χ2n) is 7.33. The Morgan fingerprint density at radius 2 is 1.96 bits per heavy atom. The average molecular weight is 477 g/mol. The van der Waals surface area contributed by atoms with Crippen molar-refractivity contribution in [3.8, 4) is 0 Å². The van der Waals surface area contributed by atoms with E-state index in [0.717, 1.165) is 43.1 Å². The molecule has 0 aromatic carbocycles. The van der Waals surface area contributed by atoms with Gasteiger partial charge in [0.1, 0.15) is 18.7 Å². The highest BCUT2D eigenvalue weighted by molar-refractivity contribution is 14.0. The van der Waals surface area contributed by atoms with Crippen LogP contribution in [0, 0.1) is 11.8 Å². The Morgan fingerprint density at radius 1 is 1.23 bits per heavy atom. The van der Waals surface area contributed by atoms with Crippen LogP contribution in [-0.4, -0.2) is 58.3 Å². The van der Waals surface area contributed by atoms with Gasteiger partial charge in [-0.1, -0.05) is 13.8 Å². The fourth-order valence-corrected chi connectivity index (χ4v) is 3.60. The molecule has 1 aliphatic heterocycles. The molecule has 0 saturated carbocycles. The first-order valence-electron chi connectivity index (χ1n) is 9.65. The Morgan fingerprint density at radius 3 is 2.58 bits per heavy atom. The van der Waals surface area contributed by atoms with Crippen LogP contribution in [0.25, 0.3) is 0 Å². The third-order valence-corrected chi connectivity index (χ3v) is 4.67. The molecule has 1 aliphatic rings. The van der Waals surface area contributed by atoms with Crippen LogP contribution in [0.3, 0.4) is 0 Å². The Kier molecular flexibility index (Phi) is 11.1. The van der Waals surface area contributed by atoms with Gasteiger partial charge in [0.2, 0.25) is 0 Å². The van der Waals surface area contributed by atoms with Gasteiger partial charge in [0.05, 0.1) is 0 Å². The van der Waals surface area contributed by atoms with Crippen LogP contribution in [-0.2, 0) is 13.6 Å². The van der Waals surface area contributed by atoms with Gasteiger partial charge in [-0.25, -0.2) is 9.98 Å². The fraction of sp³-hybridized carbons (Fsp3) is 0.833. The maximum atomic E-state index is 4.58. The van der Waals surface area contributed by atoms with Crippen molar-refractivity contribution in [1.82, 2.24) is 30.3 Å². The molecule has 7 nitrogen and oxygen atoms in total. The minimum atomic E-state index is 0. The van der Waals surface area contributed by atoms with Crippen LogP contribution >= 0.6 is 24.0 Å². The maximum Gasteiger partial charge on any atom is 0.191 e. The van der Waals surface area contributed by atoms with E-state index < -0.39 is 0 Å². The van der Waals surface area contributed by atoms with E-state index in [1.807, 2.05) is 7.05 Å². The molecule has 0 spiro atoms. The summed E-state index contributed by atoms with van der Waals surface area (Å²) in [6.45, 7) is 12.9. The van der Waals surface area contributed by atoms with Crippen molar-refractivity contribution < 1.29 is 0 Å². The van der Waals surface area contributed by atoms with Gasteiger partial charge in [0.15, 0.2) is 5.96 Å². The lowest BCUT2D eigenvalue weighted by molar-refractivity contribution is 0.139. The monoisotopic (exact) mass is 477 g/mol. The van der Waals surface area contributed by atoms with E-state index in [9.17, 15) is 0 Å². The van der Waals surface area contributed by atoms with Crippen molar-refractivity contribution in [1.29, 1.82) is 0 Å². The summed E-state index contributed by atoms with van der Waals surface area (Å²) < 4.78 is 1.76. The van der Waals surface area contributed by atoms with Crippen LogP contribution in [0.5, 0.6) is 0 Å². The molecule has 2 atom stereocenters. The summed E-state index contributed by atoms with van der Waals surface area (Å²) in [5.41, 5.74) is 0. The molecule has 2 rings (SSSR count). The topological polar surface area (TPSA) is 70.4 Å². The number of aromatic nitrogens is 3. The summed E-state index contributed by atoms with van der Waals surface area (Å²) in [5, 5.41) is 10.8. The molecule has 1 aromatic heterocycles. The summed E-state index contributed by atoms with van der Waals surface area (Å²) in [6, 6.07) is 0. The molecule has 2 unspecified atom stereocenters. The molecule has 2 N–H and O–H groups in total. The number of aliphatic imine (C=N–C) groups is 1. The standard InChI is InChI=1S/C18H35N7.HI/c1-5-19-18(21-11-17-22-14-23-24(17)4)20-8-6-7-9-25-12-15(2)10-16(3)13-25;/h14-16H,5-13H2,1-4H3,(H2,19,20,21);1H. The van der Waals surface area contributed by atoms with Gasteiger partial charge < -0.3 is 15.5 Å². The number of guanidine groups is 1. The lowest BCUT2D eigenvalue weighted by Crippen LogP contribution is -2.40. The summed E-state index contributed by atoms with van der Waals surface area (Å²) >= 11 is 0. The Labute approximate surface area is 175 Å². The highest BCUT2D eigenvalue weighted by Crippen LogP contribution is 2.20. The van der Waals surface area contributed by atoms with E-state index in [1.54, 1.807) is 11.0 Å². The average Bonchev–Trinajstić information content (AvgIpc) is 2.96. The van der Waals surface area contributed by atoms with Crippen LogP contribution < -0.4 is 10.6 Å². The summed E-state index contributed by atoms with van der Waals surface area (Å²) in [4.78, 5) is 11.4. The van der Waals surface area contributed by atoms with Crippen molar-refractivity contribution in [2.24, 2.45) is 23.9 Å². The van der Waals surface area contributed by atoms with Gasteiger partial charge in [-0.3, -0.25) is 4.68 Å². The number of likely N-dealkylation sites (tertiary alicyclic amines) is 1. The fourth-order valence-electron chi connectivity index (χ4n) is 3.60. The van der Waals surface area contributed by atoms with E-state index in [0.29, 0.717) is 6.54 Å². The Bertz CT molecular complexity index is 521. The zero-order chi connectivity index (χ0) is 18.1. The van der Waals surface area contributed by atoms with Crippen molar-refractivity contribution in [3.05, 3.63) is 12.2 Å². The van der Waals surface area contributed by atoms with Crippen LogP contribution in [0.1, 0.15) is 45.9 Å². The van der Waals surface area contributed by atoms with Gasteiger partial charge in [0, 0.05) is 33.2 Å². The molecular formula is C18H36IN7. The van der Waals surface area contributed by atoms with Crippen molar-refractivity contribution in [2.45, 2.75) is 46.6 Å². The minimum absolute atomic E-state index is 0. The van der Waals surface area contributed by atoms with Gasteiger partial charge in [-0.2, -0.15) is 5.10 Å². The number of rotatable bonds is 8. The number of nitrogens with one attached hydrogen (secondary N) is 2. The summed E-state index contributed by atoms with van der Waals surface area (Å²) in [6.07, 6.45) is 5.34. The third kappa shape index (κ3) is 8.20. The molecule has 0 radical (unpaired) electrons. The highest BCUT2D eigenvalue weighted by Gasteiger charge is 2.20. The first-order chi connectivity index (χ1) is 12.1. The number of unbranched alkanes of at least 4 members (excludes halogenated alkanes) is 1. The largest absolute Gasteiger partial charge is 0.357 e. The molecule has 0 aliphatic carbocycles. The van der Waals surface area contributed by atoms with Crippen LogP contribution in [0.2, 0.25) is 0 Å². The zero-order valence-corrected chi connectivity index (χ0v) is 19.1. The molecule has 1 aromatic rings.